The van der Waals surface area contributed by atoms with Crippen LogP contribution in [0.15, 0.2) is 48.8 Å². The molecule has 1 fully saturated rings. The van der Waals surface area contributed by atoms with Crippen LogP contribution in [0, 0.1) is 17.7 Å². The van der Waals surface area contributed by atoms with Crippen LogP contribution in [0.2, 0.25) is 0 Å². The molecule has 0 spiro atoms. The van der Waals surface area contributed by atoms with E-state index in [1.165, 1.54) is 12.4 Å². The van der Waals surface area contributed by atoms with Gasteiger partial charge in [-0.2, -0.15) is 0 Å². The normalized spacial score (nSPS) is 15.6. The molecule has 9 heteroatoms. The van der Waals surface area contributed by atoms with Gasteiger partial charge in [0.1, 0.15) is 24.4 Å². The Kier molecular flexibility index (Phi) is 7.40. The summed E-state index contributed by atoms with van der Waals surface area (Å²) >= 11 is 0. The molecule has 2 N–H and O–H groups in total. The maximum absolute atomic E-state index is 13.6. The number of carbonyl (C=O) groups is 1. The summed E-state index contributed by atoms with van der Waals surface area (Å²) < 4.78 is 19.0. The number of rotatable bonds is 7. The highest BCUT2D eigenvalue weighted by molar-refractivity contribution is 5.89. The van der Waals surface area contributed by atoms with E-state index in [2.05, 4.69) is 32.1 Å². The van der Waals surface area contributed by atoms with Crippen LogP contribution in [-0.2, 0) is 4.79 Å². The summed E-state index contributed by atoms with van der Waals surface area (Å²) in [6.07, 6.45) is 5.84. The molecule has 1 aliphatic heterocycles. The van der Waals surface area contributed by atoms with Crippen LogP contribution in [0.1, 0.15) is 12.1 Å². The number of amides is 1. The summed E-state index contributed by atoms with van der Waals surface area (Å²) in [5, 5.41) is 4.26. The first-order chi connectivity index (χ1) is 16.5. The Morgan fingerprint density at radius 1 is 1.38 bits per heavy atom. The highest BCUT2D eigenvalue weighted by Gasteiger charge is 2.25. The Hall–Kier alpha value is -3.90. The number of halogens is 1. The number of likely N-dealkylation sites (tertiary alicyclic amines) is 1. The molecule has 0 unspecified atom stereocenters. The maximum atomic E-state index is 13.6. The van der Waals surface area contributed by atoms with Crippen molar-refractivity contribution in [3.63, 3.8) is 0 Å². The van der Waals surface area contributed by atoms with Crippen molar-refractivity contribution in [1.29, 1.82) is 0 Å². The summed E-state index contributed by atoms with van der Waals surface area (Å²) in [6.45, 7) is 2.10. The van der Waals surface area contributed by atoms with Gasteiger partial charge in [-0.25, -0.2) is 14.4 Å². The number of ether oxygens (including phenoxy) is 1. The minimum atomic E-state index is -0.419. The van der Waals surface area contributed by atoms with Crippen LogP contribution in [0.25, 0.3) is 11.0 Å². The second-order valence-corrected chi connectivity index (χ2v) is 8.27. The van der Waals surface area contributed by atoms with Crippen LogP contribution in [-0.4, -0.2) is 77.0 Å². The Labute approximate surface area is 197 Å². The van der Waals surface area contributed by atoms with Crippen LogP contribution < -0.4 is 10.1 Å². The van der Waals surface area contributed by atoms with Crippen molar-refractivity contribution >= 4 is 22.8 Å². The summed E-state index contributed by atoms with van der Waals surface area (Å²) in [5.41, 5.74) is 1.32. The summed E-state index contributed by atoms with van der Waals surface area (Å²) in [6, 6.07) is 8.19. The second-order valence-electron chi connectivity index (χ2n) is 8.27. The largest absolute Gasteiger partial charge is 0.478 e. The number of benzene rings is 1. The Morgan fingerprint density at radius 2 is 2.24 bits per heavy atom. The molecule has 1 amide bonds. The molecular formula is C25H27FN6O2. The zero-order chi connectivity index (χ0) is 23.9. The van der Waals surface area contributed by atoms with Gasteiger partial charge in [0.25, 0.3) is 0 Å². The molecule has 176 valence electrons. The average Bonchev–Trinajstić information content (AvgIpc) is 3.45. The molecule has 3 heterocycles. The van der Waals surface area contributed by atoms with Crippen molar-refractivity contribution < 1.29 is 13.9 Å². The standard InChI is InChI=1S/C25H27FN6O2/c1-31(2)12-5-10-23(33)32-13-11-19(16-32)30-25-20-15-18(29-24(20)27-17-28-25)7-6-14-34-22-9-4-3-8-21(22)26/h3-5,8-10,15,17,19H,11-14,16H2,1-2H3,(H2,27,28,29,30)/b10-5+/t19-/m1/s1. The van der Waals surface area contributed by atoms with Crippen LogP contribution in [0.4, 0.5) is 10.2 Å². The first kappa shape index (κ1) is 23.3. The molecule has 1 aromatic carbocycles. The fourth-order valence-electron chi connectivity index (χ4n) is 3.67. The molecule has 0 radical (unpaired) electrons. The molecule has 34 heavy (non-hydrogen) atoms. The number of para-hydroxylation sites is 1. The van der Waals surface area contributed by atoms with Crippen molar-refractivity contribution in [2.75, 3.05) is 45.7 Å². The third kappa shape index (κ3) is 5.91. The summed E-state index contributed by atoms with van der Waals surface area (Å²) in [7, 11) is 3.93. The zero-order valence-electron chi connectivity index (χ0n) is 19.2. The van der Waals surface area contributed by atoms with E-state index in [0.29, 0.717) is 30.2 Å². The molecule has 4 rings (SSSR count). The fraction of sp³-hybridized carbons (Fsp3) is 0.320. The number of likely N-dealkylation sites (N-methyl/N-ethyl adjacent to an activating group) is 1. The lowest BCUT2D eigenvalue weighted by Gasteiger charge is -2.16. The lowest BCUT2D eigenvalue weighted by atomic mass is 10.2. The number of hydrogen-bond donors (Lipinski definition) is 2. The quantitative estimate of drug-likeness (QED) is 0.415. The van der Waals surface area contributed by atoms with Gasteiger partial charge in [-0.3, -0.25) is 4.79 Å². The molecule has 2 aromatic heterocycles. The van der Waals surface area contributed by atoms with Gasteiger partial charge in [-0.1, -0.05) is 24.1 Å². The molecule has 1 aliphatic rings. The average molecular weight is 463 g/mol. The predicted octanol–water partition coefficient (Wildman–Crippen LogP) is 2.66. The number of anilines is 1. The van der Waals surface area contributed by atoms with Crippen LogP contribution in [0.3, 0.4) is 0 Å². The van der Waals surface area contributed by atoms with E-state index in [1.54, 1.807) is 24.3 Å². The highest BCUT2D eigenvalue weighted by atomic mass is 19.1. The van der Waals surface area contributed by atoms with E-state index in [0.717, 1.165) is 18.4 Å². The molecule has 8 nitrogen and oxygen atoms in total. The number of carbonyl (C=O) groups excluding carboxylic acids is 1. The van der Waals surface area contributed by atoms with E-state index in [9.17, 15) is 9.18 Å². The smallest absolute Gasteiger partial charge is 0.246 e. The van der Waals surface area contributed by atoms with Crippen LogP contribution >= 0.6 is 0 Å². The highest BCUT2D eigenvalue weighted by Crippen LogP contribution is 2.23. The number of aromatic amines is 1. The van der Waals surface area contributed by atoms with Gasteiger partial charge < -0.3 is 24.8 Å². The third-order valence-electron chi connectivity index (χ3n) is 5.36. The lowest BCUT2D eigenvalue weighted by Crippen LogP contribution is -2.30. The predicted molar refractivity (Wildman–Crippen MR) is 129 cm³/mol. The van der Waals surface area contributed by atoms with Crippen molar-refractivity contribution in [3.05, 3.63) is 60.3 Å². The van der Waals surface area contributed by atoms with Crippen molar-refractivity contribution in [2.45, 2.75) is 12.5 Å². The molecule has 1 saturated heterocycles. The van der Waals surface area contributed by atoms with E-state index < -0.39 is 5.82 Å². The Balaban J connectivity index is 1.37. The van der Waals surface area contributed by atoms with Crippen molar-refractivity contribution in [3.8, 4) is 17.6 Å². The van der Waals surface area contributed by atoms with Gasteiger partial charge in [0, 0.05) is 31.8 Å². The van der Waals surface area contributed by atoms with Crippen molar-refractivity contribution in [2.24, 2.45) is 0 Å². The minimum Gasteiger partial charge on any atom is -0.478 e. The van der Waals surface area contributed by atoms with E-state index in [4.69, 9.17) is 4.74 Å². The number of aromatic nitrogens is 3. The molecule has 0 saturated carbocycles. The molecule has 3 aromatic rings. The Bertz CT molecular complexity index is 1240. The van der Waals surface area contributed by atoms with E-state index in [-0.39, 0.29) is 24.3 Å². The van der Waals surface area contributed by atoms with Gasteiger partial charge in [0.05, 0.1) is 11.1 Å². The molecular weight excluding hydrogens is 435 g/mol. The van der Waals surface area contributed by atoms with Crippen molar-refractivity contribution in [1.82, 2.24) is 24.8 Å². The van der Waals surface area contributed by atoms with Gasteiger partial charge in [-0.15, -0.1) is 0 Å². The molecule has 0 bridgehead atoms. The first-order valence-electron chi connectivity index (χ1n) is 11.1. The number of H-pyrrole nitrogens is 1. The number of nitrogens with one attached hydrogen (secondary N) is 2. The SMILES string of the molecule is CN(C)C/C=C/C(=O)N1CC[C@@H](Nc2ncnc3[nH]c(C#CCOc4ccccc4F)cc23)C1. The second kappa shape index (κ2) is 10.8. The first-order valence-corrected chi connectivity index (χ1v) is 11.1. The van der Waals surface area contributed by atoms with E-state index >= 15 is 0 Å². The zero-order valence-corrected chi connectivity index (χ0v) is 19.2. The van der Waals surface area contributed by atoms with Gasteiger partial charge in [0.2, 0.25) is 5.91 Å². The van der Waals surface area contributed by atoms with Gasteiger partial charge in [-0.05, 0) is 44.6 Å². The number of fused-ring (bicyclic) bond motifs is 1. The Morgan fingerprint density at radius 3 is 3.06 bits per heavy atom. The minimum absolute atomic E-state index is 0.0239. The number of hydrogen-bond acceptors (Lipinski definition) is 6. The van der Waals surface area contributed by atoms with Gasteiger partial charge in [0.15, 0.2) is 11.6 Å². The third-order valence-corrected chi connectivity index (χ3v) is 5.36. The topological polar surface area (TPSA) is 86.4 Å². The summed E-state index contributed by atoms with van der Waals surface area (Å²) in [5.74, 6) is 6.33. The van der Waals surface area contributed by atoms with E-state index in [1.807, 2.05) is 36.0 Å². The monoisotopic (exact) mass is 462 g/mol. The molecule has 0 aliphatic carbocycles. The fourth-order valence-corrected chi connectivity index (χ4v) is 3.67. The van der Waals surface area contributed by atoms with Gasteiger partial charge >= 0.3 is 0 Å². The van der Waals surface area contributed by atoms with Crippen LogP contribution in [0.5, 0.6) is 5.75 Å². The molecule has 1 atom stereocenters. The lowest BCUT2D eigenvalue weighted by molar-refractivity contribution is -0.125. The summed E-state index contributed by atoms with van der Waals surface area (Å²) in [4.78, 5) is 28.1. The number of nitrogens with zero attached hydrogens (tertiary/aromatic N) is 4. The maximum Gasteiger partial charge on any atom is 0.246 e.